The van der Waals surface area contributed by atoms with Crippen molar-refractivity contribution in [3.05, 3.63) is 29.8 Å². The number of halogens is 3. The van der Waals surface area contributed by atoms with Crippen LogP contribution in [0.15, 0.2) is 29.2 Å². The average molecular weight is 510 g/mol. The van der Waals surface area contributed by atoms with Crippen LogP contribution in [0.3, 0.4) is 0 Å². The number of hydrogen-bond donors (Lipinski definition) is 1. The van der Waals surface area contributed by atoms with Gasteiger partial charge in [0.2, 0.25) is 0 Å². The third kappa shape index (κ3) is 7.26. The summed E-state index contributed by atoms with van der Waals surface area (Å²) in [5.74, 6) is -3.66. The van der Waals surface area contributed by atoms with Crippen LogP contribution in [0.1, 0.15) is 46.6 Å². The van der Waals surface area contributed by atoms with Gasteiger partial charge in [-0.1, -0.05) is 12.1 Å². The maximum Gasteiger partial charge on any atom is 0.475 e. The largest absolute Gasteiger partial charge is 0.475 e. The van der Waals surface area contributed by atoms with E-state index in [1.165, 1.54) is 26.0 Å². The molecule has 12 heteroatoms. The second-order valence-corrected chi connectivity index (χ2v) is 9.73. The van der Waals surface area contributed by atoms with Gasteiger partial charge >= 0.3 is 23.4 Å². The van der Waals surface area contributed by atoms with E-state index < -0.39 is 56.2 Å². The molecule has 34 heavy (non-hydrogen) atoms. The van der Waals surface area contributed by atoms with Crippen LogP contribution in [0.25, 0.3) is 0 Å². The normalized spacial score (nSPS) is 14.1. The molecule has 2 atom stereocenters. The lowest BCUT2D eigenvalue weighted by atomic mass is 9.77. The first kappa shape index (κ1) is 29.6. The molecule has 1 rings (SSSR count). The molecule has 0 aliphatic heterocycles. The standard InChI is InChI=1S/C22H30F3NO7S/c1-6-31-17(27)21(18(28)32-7-2,19(29)33-20(3,4)5)16(26)13-10-14-8-11-15(12-9-14)34(30)22(23,24)25/h8-9,11-12,16H,6-7,10,13,26H2,1-5H3. The van der Waals surface area contributed by atoms with Gasteiger partial charge in [-0.3, -0.25) is 14.4 Å². The van der Waals surface area contributed by atoms with Crippen molar-refractivity contribution in [1.29, 1.82) is 0 Å². The summed E-state index contributed by atoms with van der Waals surface area (Å²) in [7, 11) is -3.18. The molecule has 0 spiro atoms. The second kappa shape index (κ2) is 11.8. The Morgan fingerprint density at radius 2 is 1.41 bits per heavy atom. The van der Waals surface area contributed by atoms with Crippen molar-refractivity contribution in [2.75, 3.05) is 13.2 Å². The van der Waals surface area contributed by atoms with E-state index in [9.17, 15) is 31.8 Å². The number of carbonyl (C=O) groups is 3. The molecule has 2 N–H and O–H groups in total. The van der Waals surface area contributed by atoms with Gasteiger partial charge in [0.25, 0.3) is 5.41 Å². The zero-order valence-electron chi connectivity index (χ0n) is 19.7. The highest BCUT2D eigenvalue weighted by atomic mass is 32.2. The Kier molecular flexibility index (Phi) is 10.2. The highest BCUT2D eigenvalue weighted by molar-refractivity contribution is 7.86. The molecule has 8 nitrogen and oxygen atoms in total. The quantitative estimate of drug-likeness (QED) is 0.290. The number of esters is 3. The Morgan fingerprint density at radius 3 is 1.79 bits per heavy atom. The van der Waals surface area contributed by atoms with Crippen molar-refractivity contribution in [3.8, 4) is 0 Å². The van der Waals surface area contributed by atoms with Gasteiger partial charge in [0.05, 0.1) is 13.2 Å². The molecule has 0 aliphatic carbocycles. The molecule has 0 saturated carbocycles. The zero-order chi connectivity index (χ0) is 26.3. The first-order valence-corrected chi connectivity index (χ1v) is 11.7. The third-order valence-electron chi connectivity index (χ3n) is 4.56. The maximum absolute atomic E-state index is 13.1. The van der Waals surface area contributed by atoms with Crippen LogP contribution in [-0.2, 0) is 45.8 Å². The van der Waals surface area contributed by atoms with Crippen LogP contribution in [0.4, 0.5) is 13.2 Å². The molecule has 1 aromatic rings. The van der Waals surface area contributed by atoms with Gasteiger partial charge in [0.1, 0.15) is 5.60 Å². The Hall–Kier alpha value is -2.47. The van der Waals surface area contributed by atoms with Crippen molar-refractivity contribution in [1.82, 2.24) is 0 Å². The molecule has 0 radical (unpaired) electrons. The van der Waals surface area contributed by atoms with Gasteiger partial charge < -0.3 is 19.9 Å². The average Bonchev–Trinajstić information content (AvgIpc) is 2.71. The fourth-order valence-electron chi connectivity index (χ4n) is 3.00. The highest BCUT2D eigenvalue weighted by Gasteiger charge is 2.62. The topological polar surface area (TPSA) is 122 Å². The minimum atomic E-state index is -4.89. The van der Waals surface area contributed by atoms with Gasteiger partial charge in [-0.15, -0.1) is 0 Å². The monoisotopic (exact) mass is 509 g/mol. The zero-order valence-corrected chi connectivity index (χ0v) is 20.5. The predicted molar refractivity (Wildman–Crippen MR) is 117 cm³/mol. The number of hydrogen-bond acceptors (Lipinski definition) is 8. The summed E-state index contributed by atoms with van der Waals surface area (Å²) in [6.45, 7) is 7.32. The van der Waals surface area contributed by atoms with E-state index >= 15 is 0 Å². The second-order valence-electron chi connectivity index (χ2n) is 8.25. The van der Waals surface area contributed by atoms with Crippen LogP contribution >= 0.6 is 0 Å². The van der Waals surface area contributed by atoms with Gasteiger partial charge in [0.15, 0.2) is 10.8 Å². The Morgan fingerprint density at radius 1 is 0.941 bits per heavy atom. The Bertz CT molecular complexity index is 877. The van der Waals surface area contributed by atoms with Crippen molar-refractivity contribution in [3.63, 3.8) is 0 Å². The fourth-order valence-corrected chi connectivity index (χ4v) is 3.66. The van der Waals surface area contributed by atoms with E-state index in [2.05, 4.69) is 0 Å². The first-order chi connectivity index (χ1) is 15.6. The van der Waals surface area contributed by atoms with E-state index in [0.717, 1.165) is 12.1 Å². The number of benzene rings is 1. The first-order valence-electron chi connectivity index (χ1n) is 10.5. The van der Waals surface area contributed by atoms with Crippen molar-refractivity contribution >= 4 is 28.7 Å². The summed E-state index contributed by atoms with van der Waals surface area (Å²) in [5, 5.41) is 0. The van der Waals surface area contributed by atoms with E-state index in [-0.39, 0.29) is 26.1 Å². The molecule has 0 amide bonds. The molecule has 1 aromatic carbocycles. The molecule has 0 fully saturated rings. The molecule has 2 unspecified atom stereocenters. The van der Waals surface area contributed by atoms with Crippen LogP contribution < -0.4 is 5.73 Å². The highest BCUT2D eigenvalue weighted by Crippen LogP contribution is 2.32. The summed E-state index contributed by atoms with van der Waals surface area (Å²) in [4.78, 5) is 38.6. The van der Waals surface area contributed by atoms with Gasteiger partial charge in [-0.25, -0.2) is 4.21 Å². The number of ether oxygens (including phenoxy) is 3. The third-order valence-corrected chi connectivity index (χ3v) is 5.68. The molecule has 0 aliphatic rings. The molecule has 0 bridgehead atoms. The van der Waals surface area contributed by atoms with Crippen LogP contribution in [0.5, 0.6) is 0 Å². The van der Waals surface area contributed by atoms with Crippen molar-refractivity contribution < 1.29 is 46.0 Å². The Balaban J connectivity index is 3.28. The van der Waals surface area contributed by atoms with Crippen molar-refractivity contribution in [2.24, 2.45) is 11.1 Å². The Labute approximate surface area is 198 Å². The molecule has 0 aromatic heterocycles. The van der Waals surface area contributed by atoms with Crippen LogP contribution in [-0.4, -0.2) is 52.5 Å². The van der Waals surface area contributed by atoms with Crippen molar-refractivity contribution in [2.45, 2.75) is 69.5 Å². The van der Waals surface area contributed by atoms with Gasteiger partial charge in [0, 0.05) is 10.9 Å². The molecule has 192 valence electrons. The molecular weight excluding hydrogens is 479 g/mol. The number of carbonyl (C=O) groups excluding carboxylic acids is 3. The minimum absolute atomic E-state index is 0.0729. The van der Waals surface area contributed by atoms with Gasteiger partial charge in [-0.2, -0.15) is 13.2 Å². The molecular formula is C22H30F3NO7S. The van der Waals surface area contributed by atoms with Crippen LogP contribution in [0.2, 0.25) is 0 Å². The lowest BCUT2D eigenvalue weighted by Crippen LogP contribution is -2.61. The number of nitrogens with two attached hydrogens (primary N) is 1. The number of aryl methyl sites for hydroxylation is 1. The molecule has 0 saturated heterocycles. The maximum atomic E-state index is 13.1. The summed E-state index contributed by atoms with van der Waals surface area (Å²) < 4.78 is 64.7. The lowest BCUT2D eigenvalue weighted by Gasteiger charge is -2.34. The summed E-state index contributed by atoms with van der Waals surface area (Å²) in [5.41, 5.74) is -1.86. The number of rotatable bonds is 10. The van der Waals surface area contributed by atoms with E-state index in [1.54, 1.807) is 20.8 Å². The van der Waals surface area contributed by atoms with E-state index in [0.29, 0.717) is 5.56 Å². The fraction of sp³-hybridized carbons (Fsp3) is 0.591. The smallest absolute Gasteiger partial charge is 0.465 e. The SMILES string of the molecule is CCOC(=O)C(C(=O)OCC)(C(=O)OC(C)(C)C)C(N)CCc1ccc(S(=O)C(F)(F)F)cc1. The lowest BCUT2D eigenvalue weighted by molar-refractivity contribution is -0.191. The molecule has 0 heterocycles. The summed E-state index contributed by atoms with van der Waals surface area (Å²) in [6, 6.07) is 3.31. The summed E-state index contributed by atoms with van der Waals surface area (Å²) in [6.07, 6.45) is -0.0535. The number of alkyl halides is 3. The predicted octanol–water partition coefficient (Wildman–Crippen LogP) is 3.03. The van der Waals surface area contributed by atoms with E-state index in [1.807, 2.05) is 0 Å². The van der Waals surface area contributed by atoms with Crippen LogP contribution in [0, 0.1) is 5.41 Å². The van der Waals surface area contributed by atoms with Gasteiger partial charge in [-0.05, 0) is 65.2 Å². The minimum Gasteiger partial charge on any atom is -0.465 e. The summed E-state index contributed by atoms with van der Waals surface area (Å²) >= 11 is 0. The van der Waals surface area contributed by atoms with E-state index in [4.69, 9.17) is 19.9 Å².